The molecule has 0 bridgehead atoms. The van der Waals surface area contributed by atoms with Crippen LogP contribution in [0.3, 0.4) is 0 Å². The molecule has 1 aliphatic heterocycles. The number of rotatable bonds is 2. The first kappa shape index (κ1) is 17.4. The number of nitrogens with one attached hydrogen (secondary N) is 1. The second-order valence-corrected chi connectivity index (χ2v) is 9.07. The second kappa shape index (κ2) is 6.41. The Morgan fingerprint density at radius 1 is 1.18 bits per heavy atom. The van der Waals surface area contributed by atoms with Gasteiger partial charge in [0.15, 0.2) is 16.8 Å². The maximum absolute atomic E-state index is 12.8. The lowest BCUT2D eigenvalue weighted by Gasteiger charge is -2.27. The number of anilines is 1. The summed E-state index contributed by atoms with van der Waals surface area (Å²) in [6.07, 6.45) is 2.17. The molecule has 2 amide bonds. The van der Waals surface area contributed by atoms with Gasteiger partial charge in [-0.2, -0.15) is 0 Å². The van der Waals surface area contributed by atoms with Crippen molar-refractivity contribution in [1.29, 1.82) is 0 Å². The molecule has 1 aromatic carbocycles. The number of carbonyl (C=O) groups is 1. The molecule has 1 aliphatic carbocycles. The molecule has 0 unspecified atom stereocenters. The van der Waals surface area contributed by atoms with Crippen LogP contribution in [0.1, 0.15) is 36.7 Å². The average Bonchev–Trinajstić information content (AvgIpc) is 3.37. The van der Waals surface area contributed by atoms with Crippen molar-refractivity contribution in [3.63, 3.8) is 0 Å². The number of hydrogen-bond acceptors (Lipinski definition) is 5. The zero-order valence-corrected chi connectivity index (χ0v) is 16.8. The monoisotopic (exact) mass is 394 g/mol. The number of nitrogens with zero attached hydrogens (tertiary/aromatic N) is 5. The molecule has 2 aliphatic rings. The number of thiazole rings is 1. The standard InChI is InChI=1S/C20H22N6OS/c1-20(2)9-8-14-16(20)21-18(28-14)22-19(27)25-10-11-26-15(12-25)23-24-17(26)13-6-4-3-5-7-13/h3-7H,8-12H2,1-2H3,(H,21,22,27). The summed E-state index contributed by atoms with van der Waals surface area (Å²) >= 11 is 1.60. The highest BCUT2D eigenvalue weighted by Crippen LogP contribution is 2.42. The number of hydrogen-bond donors (Lipinski definition) is 1. The van der Waals surface area contributed by atoms with Gasteiger partial charge in [0, 0.05) is 28.9 Å². The average molecular weight is 395 g/mol. The van der Waals surface area contributed by atoms with Crippen molar-refractivity contribution in [2.45, 2.75) is 45.2 Å². The summed E-state index contributed by atoms with van der Waals surface area (Å²) < 4.78 is 2.10. The van der Waals surface area contributed by atoms with Gasteiger partial charge in [0.05, 0.1) is 12.2 Å². The molecule has 144 valence electrons. The van der Waals surface area contributed by atoms with Crippen molar-refractivity contribution in [3.05, 3.63) is 46.7 Å². The van der Waals surface area contributed by atoms with Crippen LogP contribution in [0.5, 0.6) is 0 Å². The first-order valence-electron chi connectivity index (χ1n) is 9.55. The van der Waals surface area contributed by atoms with E-state index < -0.39 is 0 Å². The van der Waals surface area contributed by atoms with E-state index in [1.165, 1.54) is 4.88 Å². The fourth-order valence-corrected chi connectivity index (χ4v) is 5.08. The Kier molecular flexibility index (Phi) is 3.97. The molecule has 0 radical (unpaired) electrons. The summed E-state index contributed by atoms with van der Waals surface area (Å²) in [6.45, 7) is 6.18. The van der Waals surface area contributed by atoms with Gasteiger partial charge in [0.2, 0.25) is 0 Å². The molecule has 0 spiro atoms. The third-order valence-corrected chi connectivity index (χ3v) is 6.63. The largest absolute Gasteiger partial charge is 0.324 e. The van der Waals surface area contributed by atoms with Crippen LogP contribution in [0.15, 0.2) is 30.3 Å². The van der Waals surface area contributed by atoms with Crippen molar-refractivity contribution in [1.82, 2.24) is 24.6 Å². The van der Waals surface area contributed by atoms with Gasteiger partial charge in [-0.05, 0) is 12.8 Å². The van der Waals surface area contributed by atoms with Crippen molar-refractivity contribution < 1.29 is 4.79 Å². The van der Waals surface area contributed by atoms with E-state index in [0.717, 1.165) is 35.7 Å². The van der Waals surface area contributed by atoms with E-state index in [0.29, 0.717) is 24.8 Å². The Morgan fingerprint density at radius 2 is 2.00 bits per heavy atom. The van der Waals surface area contributed by atoms with Crippen molar-refractivity contribution in [2.75, 3.05) is 11.9 Å². The summed E-state index contributed by atoms with van der Waals surface area (Å²) in [5.41, 5.74) is 2.28. The quantitative estimate of drug-likeness (QED) is 0.719. The van der Waals surface area contributed by atoms with Crippen LogP contribution in [0.4, 0.5) is 9.93 Å². The van der Waals surface area contributed by atoms with E-state index >= 15 is 0 Å². The van der Waals surface area contributed by atoms with Crippen LogP contribution < -0.4 is 5.32 Å². The van der Waals surface area contributed by atoms with E-state index in [4.69, 9.17) is 4.98 Å². The molecule has 0 atom stereocenters. The Balaban J connectivity index is 1.31. The fraction of sp³-hybridized carbons (Fsp3) is 0.400. The molecule has 0 fully saturated rings. The smallest absolute Gasteiger partial charge is 0.315 e. The minimum atomic E-state index is -0.124. The van der Waals surface area contributed by atoms with Gasteiger partial charge >= 0.3 is 6.03 Å². The summed E-state index contributed by atoms with van der Waals surface area (Å²) in [5, 5.41) is 12.3. The van der Waals surface area contributed by atoms with Gasteiger partial charge in [-0.15, -0.1) is 21.5 Å². The zero-order chi connectivity index (χ0) is 19.3. The van der Waals surface area contributed by atoms with Crippen LogP contribution >= 0.6 is 11.3 Å². The Hall–Kier alpha value is -2.74. The Morgan fingerprint density at radius 3 is 2.79 bits per heavy atom. The summed E-state index contributed by atoms with van der Waals surface area (Å²) in [6, 6.07) is 9.90. The van der Waals surface area contributed by atoms with Crippen molar-refractivity contribution in [2.24, 2.45) is 0 Å². The van der Waals surface area contributed by atoms with Gasteiger partial charge in [-0.1, -0.05) is 44.2 Å². The van der Waals surface area contributed by atoms with E-state index in [-0.39, 0.29) is 11.4 Å². The molecule has 7 nitrogen and oxygen atoms in total. The highest BCUT2D eigenvalue weighted by molar-refractivity contribution is 7.16. The van der Waals surface area contributed by atoms with Crippen LogP contribution in [-0.4, -0.2) is 37.2 Å². The number of benzene rings is 1. The predicted molar refractivity (Wildman–Crippen MR) is 108 cm³/mol. The topological polar surface area (TPSA) is 75.9 Å². The van der Waals surface area contributed by atoms with E-state index in [2.05, 4.69) is 33.9 Å². The molecule has 0 saturated heterocycles. The lowest BCUT2D eigenvalue weighted by molar-refractivity contribution is 0.196. The molecule has 0 saturated carbocycles. The van der Waals surface area contributed by atoms with E-state index in [9.17, 15) is 4.79 Å². The molecule has 28 heavy (non-hydrogen) atoms. The van der Waals surface area contributed by atoms with Gasteiger partial charge in [0.25, 0.3) is 0 Å². The van der Waals surface area contributed by atoms with Crippen LogP contribution in [0.2, 0.25) is 0 Å². The maximum Gasteiger partial charge on any atom is 0.324 e. The zero-order valence-electron chi connectivity index (χ0n) is 16.0. The maximum atomic E-state index is 12.8. The molecule has 3 heterocycles. The second-order valence-electron chi connectivity index (χ2n) is 7.98. The van der Waals surface area contributed by atoms with Crippen LogP contribution in [-0.2, 0) is 24.9 Å². The minimum absolute atomic E-state index is 0.101. The third-order valence-electron chi connectivity index (χ3n) is 5.60. The number of aryl methyl sites for hydroxylation is 1. The molecule has 8 heteroatoms. The molecular formula is C20H22N6OS. The number of carbonyl (C=O) groups excluding carboxylic acids is 1. The Bertz CT molecular complexity index is 1040. The number of fused-ring (bicyclic) bond motifs is 2. The number of amides is 2. The highest BCUT2D eigenvalue weighted by atomic mass is 32.1. The predicted octanol–water partition coefficient (Wildman–Crippen LogP) is 3.67. The lowest BCUT2D eigenvalue weighted by Crippen LogP contribution is -2.41. The fourth-order valence-electron chi connectivity index (χ4n) is 3.95. The van der Waals surface area contributed by atoms with Gasteiger partial charge in [-0.3, -0.25) is 5.32 Å². The summed E-state index contributed by atoms with van der Waals surface area (Å²) in [4.78, 5) is 20.5. The van der Waals surface area contributed by atoms with E-state index in [1.54, 1.807) is 16.2 Å². The van der Waals surface area contributed by atoms with Gasteiger partial charge < -0.3 is 9.47 Å². The van der Waals surface area contributed by atoms with Crippen molar-refractivity contribution in [3.8, 4) is 11.4 Å². The normalized spacial score (nSPS) is 17.3. The lowest BCUT2D eigenvalue weighted by atomic mass is 9.91. The van der Waals surface area contributed by atoms with Crippen LogP contribution in [0.25, 0.3) is 11.4 Å². The molecule has 5 rings (SSSR count). The van der Waals surface area contributed by atoms with E-state index in [1.807, 2.05) is 30.3 Å². The molecule has 2 aromatic heterocycles. The molecule has 3 aromatic rings. The minimum Gasteiger partial charge on any atom is -0.315 e. The first-order chi connectivity index (χ1) is 13.5. The summed E-state index contributed by atoms with van der Waals surface area (Å²) in [7, 11) is 0. The Labute approximate surface area is 167 Å². The third kappa shape index (κ3) is 2.88. The molecular weight excluding hydrogens is 372 g/mol. The van der Waals surface area contributed by atoms with Gasteiger partial charge in [0.1, 0.15) is 0 Å². The summed E-state index contributed by atoms with van der Waals surface area (Å²) in [5.74, 6) is 1.66. The SMILES string of the molecule is CC1(C)CCc2sc(NC(=O)N3CCn4c(nnc4-c4ccccc4)C3)nc21. The first-order valence-corrected chi connectivity index (χ1v) is 10.4. The number of urea groups is 1. The van der Waals surface area contributed by atoms with Crippen molar-refractivity contribution >= 4 is 22.5 Å². The highest BCUT2D eigenvalue weighted by Gasteiger charge is 2.34. The molecule has 1 N–H and O–H groups in total. The number of aromatic nitrogens is 4. The van der Waals surface area contributed by atoms with Gasteiger partial charge in [-0.25, -0.2) is 9.78 Å². The van der Waals surface area contributed by atoms with Crippen LogP contribution in [0, 0.1) is 0 Å².